The Bertz CT molecular complexity index is 1350. The van der Waals surface area contributed by atoms with Crippen molar-refractivity contribution in [2.24, 2.45) is 0 Å². The van der Waals surface area contributed by atoms with Crippen molar-refractivity contribution < 1.29 is 19.4 Å². The summed E-state index contributed by atoms with van der Waals surface area (Å²) in [4.78, 5) is 28.2. The van der Waals surface area contributed by atoms with Crippen LogP contribution in [0.25, 0.3) is 5.76 Å². The van der Waals surface area contributed by atoms with Gasteiger partial charge in [0.1, 0.15) is 11.5 Å². The number of halogens is 1. The van der Waals surface area contributed by atoms with E-state index in [2.05, 4.69) is 20.8 Å². The van der Waals surface area contributed by atoms with E-state index < -0.39 is 17.7 Å². The van der Waals surface area contributed by atoms with E-state index in [4.69, 9.17) is 16.3 Å². The standard InChI is InChI=1S/C29H28ClNO4/c1-17-8-6-9-18(14-17)25-24(27(33)28(34)31(25)21-11-7-10-20(30)16-21)26(32)22-15-19(29(2,3)4)12-13-23(22)35-5/h6-16,25,32H,1-5H3/b26-24+. The number of nitrogens with zero attached hydrogens (tertiary/aromatic N) is 1. The minimum absolute atomic E-state index is 0.00457. The van der Waals surface area contributed by atoms with E-state index in [0.29, 0.717) is 27.6 Å². The minimum Gasteiger partial charge on any atom is -0.507 e. The van der Waals surface area contributed by atoms with Crippen LogP contribution >= 0.6 is 11.6 Å². The Morgan fingerprint density at radius 2 is 1.71 bits per heavy atom. The first-order valence-corrected chi connectivity index (χ1v) is 11.7. The van der Waals surface area contributed by atoms with Crippen LogP contribution < -0.4 is 9.64 Å². The van der Waals surface area contributed by atoms with Gasteiger partial charge in [-0.05, 0) is 53.8 Å². The molecular formula is C29H28ClNO4. The van der Waals surface area contributed by atoms with E-state index in [1.54, 1.807) is 30.3 Å². The molecule has 3 aromatic rings. The molecule has 35 heavy (non-hydrogen) atoms. The molecule has 1 aliphatic rings. The third-order valence-corrected chi connectivity index (χ3v) is 6.44. The monoisotopic (exact) mass is 489 g/mol. The molecule has 0 spiro atoms. The molecule has 1 saturated heterocycles. The first-order valence-electron chi connectivity index (χ1n) is 11.3. The lowest BCUT2D eigenvalue weighted by Crippen LogP contribution is -2.29. The number of hydrogen-bond acceptors (Lipinski definition) is 4. The van der Waals surface area contributed by atoms with Crippen molar-refractivity contribution in [1.82, 2.24) is 0 Å². The molecule has 1 amide bonds. The number of carbonyl (C=O) groups is 2. The largest absolute Gasteiger partial charge is 0.507 e. The first-order chi connectivity index (χ1) is 16.5. The van der Waals surface area contributed by atoms with Crippen molar-refractivity contribution in [3.05, 3.63) is 99.6 Å². The molecule has 1 atom stereocenters. The molecule has 0 aliphatic carbocycles. The highest BCUT2D eigenvalue weighted by molar-refractivity contribution is 6.51. The number of benzene rings is 3. The normalized spacial score (nSPS) is 17.7. The highest BCUT2D eigenvalue weighted by atomic mass is 35.5. The number of Topliss-reactive ketones (excluding diaryl/α,β-unsaturated/α-hetero) is 1. The highest BCUT2D eigenvalue weighted by Crippen LogP contribution is 2.44. The quantitative estimate of drug-likeness (QED) is 0.255. The molecule has 1 fully saturated rings. The van der Waals surface area contributed by atoms with Crippen molar-refractivity contribution in [2.75, 3.05) is 12.0 Å². The topological polar surface area (TPSA) is 66.8 Å². The predicted octanol–water partition coefficient (Wildman–Crippen LogP) is 6.58. The Morgan fingerprint density at radius 3 is 2.34 bits per heavy atom. The zero-order chi connectivity index (χ0) is 25.5. The van der Waals surface area contributed by atoms with Gasteiger partial charge in [-0.15, -0.1) is 0 Å². The minimum atomic E-state index is -0.837. The smallest absolute Gasteiger partial charge is 0.300 e. The second-order valence-electron chi connectivity index (χ2n) is 9.73. The SMILES string of the molecule is COc1ccc(C(C)(C)C)cc1/C(O)=C1\C(=O)C(=O)N(c2cccc(Cl)c2)C1c1cccc(C)c1. The summed E-state index contributed by atoms with van der Waals surface area (Å²) in [5, 5.41) is 12.0. The number of carbonyl (C=O) groups excluding carboxylic acids is 2. The lowest BCUT2D eigenvalue weighted by Gasteiger charge is -2.26. The summed E-state index contributed by atoms with van der Waals surface area (Å²) in [6.07, 6.45) is 0. The molecule has 1 heterocycles. The molecule has 1 unspecified atom stereocenters. The molecule has 1 N–H and O–H groups in total. The molecule has 6 heteroatoms. The lowest BCUT2D eigenvalue weighted by atomic mass is 9.85. The van der Waals surface area contributed by atoms with Gasteiger partial charge in [-0.2, -0.15) is 0 Å². The molecule has 0 saturated carbocycles. The maximum absolute atomic E-state index is 13.5. The summed E-state index contributed by atoms with van der Waals surface area (Å²) in [6.45, 7) is 8.11. The van der Waals surface area contributed by atoms with Gasteiger partial charge in [0, 0.05) is 10.7 Å². The van der Waals surface area contributed by atoms with Gasteiger partial charge in [-0.3, -0.25) is 14.5 Å². The fourth-order valence-electron chi connectivity index (χ4n) is 4.39. The molecular weight excluding hydrogens is 462 g/mol. The van der Waals surface area contributed by atoms with Crippen LogP contribution in [0.4, 0.5) is 5.69 Å². The van der Waals surface area contributed by atoms with E-state index in [1.165, 1.54) is 12.0 Å². The van der Waals surface area contributed by atoms with Gasteiger partial charge < -0.3 is 9.84 Å². The van der Waals surface area contributed by atoms with Gasteiger partial charge in [0.2, 0.25) is 0 Å². The van der Waals surface area contributed by atoms with Crippen molar-refractivity contribution in [1.29, 1.82) is 0 Å². The van der Waals surface area contributed by atoms with Gasteiger partial charge in [0.05, 0.1) is 24.3 Å². The summed E-state index contributed by atoms with van der Waals surface area (Å²) in [5.74, 6) is -1.36. The summed E-state index contributed by atoms with van der Waals surface area (Å²) in [5.41, 5.74) is 3.26. The highest BCUT2D eigenvalue weighted by Gasteiger charge is 2.47. The average molecular weight is 490 g/mol. The van der Waals surface area contributed by atoms with Crippen LogP contribution in [0.1, 0.15) is 49.1 Å². The number of methoxy groups -OCH3 is 1. The van der Waals surface area contributed by atoms with Crippen LogP contribution in [0.2, 0.25) is 5.02 Å². The molecule has 0 aromatic heterocycles. The number of aryl methyl sites for hydroxylation is 1. The number of aliphatic hydroxyl groups excluding tert-OH is 1. The molecule has 0 bridgehead atoms. The third-order valence-electron chi connectivity index (χ3n) is 6.21. The zero-order valence-corrected chi connectivity index (χ0v) is 21.2. The molecule has 4 rings (SSSR count). The average Bonchev–Trinajstić information content (AvgIpc) is 3.08. The number of aliphatic hydroxyl groups is 1. The van der Waals surface area contributed by atoms with Crippen LogP contribution in [-0.4, -0.2) is 23.9 Å². The van der Waals surface area contributed by atoms with Crippen LogP contribution in [0.3, 0.4) is 0 Å². The van der Waals surface area contributed by atoms with Gasteiger partial charge in [-0.1, -0.05) is 74.3 Å². The van der Waals surface area contributed by atoms with E-state index in [1.807, 2.05) is 43.3 Å². The number of rotatable bonds is 4. The van der Waals surface area contributed by atoms with E-state index in [-0.39, 0.29) is 16.7 Å². The van der Waals surface area contributed by atoms with Crippen LogP contribution in [-0.2, 0) is 15.0 Å². The van der Waals surface area contributed by atoms with Gasteiger partial charge in [0.25, 0.3) is 11.7 Å². The van der Waals surface area contributed by atoms with Crippen molar-refractivity contribution in [3.8, 4) is 5.75 Å². The molecule has 1 aliphatic heterocycles. The van der Waals surface area contributed by atoms with E-state index in [9.17, 15) is 14.7 Å². The second kappa shape index (κ2) is 9.23. The Kier molecular flexibility index (Phi) is 6.48. The van der Waals surface area contributed by atoms with Crippen molar-refractivity contribution in [3.63, 3.8) is 0 Å². The summed E-state index contributed by atoms with van der Waals surface area (Å²) in [7, 11) is 1.51. The third kappa shape index (κ3) is 4.56. The molecule has 5 nitrogen and oxygen atoms in total. The summed E-state index contributed by atoms with van der Waals surface area (Å²) < 4.78 is 5.52. The number of hydrogen-bond donors (Lipinski definition) is 1. The van der Waals surface area contributed by atoms with Gasteiger partial charge in [-0.25, -0.2) is 0 Å². The maximum atomic E-state index is 13.5. The van der Waals surface area contributed by atoms with Gasteiger partial charge >= 0.3 is 0 Å². The zero-order valence-electron chi connectivity index (χ0n) is 20.4. The predicted molar refractivity (Wildman–Crippen MR) is 139 cm³/mol. The fourth-order valence-corrected chi connectivity index (χ4v) is 4.57. The number of ketones is 1. The Labute approximate surface area is 210 Å². The number of ether oxygens (including phenoxy) is 1. The second-order valence-corrected chi connectivity index (χ2v) is 10.2. The van der Waals surface area contributed by atoms with Crippen LogP contribution in [0, 0.1) is 6.92 Å². The first kappa shape index (κ1) is 24.6. The van der Waals surface area contributed by atoms with E-state index >= 15 is 0 Å². The molecule has 3 aromatic carbocycles. The Morgan fingerprint density at radius 1 is 1.00 bits per heavy atom. The van der Waals surface area contributed by atoms with Gasteiger partial charge in [0.15, 0.2) is 0 Å². The van der Waals surface area contributed by atoms with Crippen LogP contribution in [0.5, 0.6) is 5.75 Å². The summed E-state index contributed by atoms with van der Waals surface area (Å²) in [6, 6.07) is 19.0. The van der Waals surface area contributed by atoms with Crippen molar-refractivity contribution in [2.45, 2.75) is 39.2 Å². The fraction of sp³-hybridized carbons (Fsp3) is 0.241. The number of amides is 1. The Hall–Kier alpha value is -3.57. The number of anilines is 1. The molecule has 180 valence electrons. The maximum Gasteiger partial charge on any atom is 0.300 e. The lowest BCUT2D eigenvalue weighted by molar-refractivity contribution is -0.132. The molecule has 0 radical (unpaired) electrons. The summed E-state index contributed by atoms with van der Waals surface area (Å²) >= 11 is 6.22. The van der Waals surface area contributed by atoms with Crippen molar-refractivity contribution >= 4 is 34.7 Å². The Balaban J connectivity index is 2.01. The van der Waals surface area contributed by atoms with Crippen LogP contribution in [0.15, 0.2) is 72.3 Å². The van der Waals surface area contributed by atoms with E-state index in [0.717, 1.165) is 11.1 Å².